The summed E-state index contributed by atoms with van der Waals surface area (Å²) in [5.41, 5.74) is 4.71. The van der Waals surface area contributed by atoms with Crippen LogP contribution in [0.4, 0.5) is 11.5 Å². The molecular weight excluding hydrogens is 320 g/mol. The predicted octanol–water partition coefficient (Wildman–Crippen LogP) is 5.10. The maximum absolute atomic E-state index is 6.02. The Morgan fingerprint density at radius 2 is 1.83 bits per heavy atom. The summed E-state index contributed by atoms with van der Waals surface area (Å²) in [6.07, 6.45) is 8.13. The fourth-order valence-electron chi connectivity index (χ4n) is 3.36. The Morgan fingerprint density at radius 1 is 1.12 bits per heavy atom. The maximum atomic E-state index is 6.02. The zero-order valence-corrected chi connectivity index (χ0v) is 15.2. The second-order valence-corrected chi connectivity index (χ2v) is 6.95. The van der Waals surface area contributed by atoms with Crippen molar-refractivity contribution in [3.05, 3.63) is 46.4 Å². The minimum absolute atomic E-state index is 0.295. The smallest absolute Gasteiger partial charge is 0.224 e. The molecule has 0 bridgehead atoms. The molecule has 1 aliphatic carbocycles. The standard InChI is InChI=1S/C19H25ClN4/c1-13-7-6-8-14(2)17(13)21-11-15-12-22-19(20)24-18(15)23-16-9-4-3-5-10-16/h6-8,12,16,21H,3-5,9-11H2,1-2H3,(H,22,23,24). The molecule has 0 radical (unpaired) electrons. The third kappa shape index (κ3) is 4.18. The minimum Gasteiger partial charge on any atom is -0.380 e. The molecule has 1 saturated carbocycles. The van der Waals surface area contributed by atoms with E-state index in [0.717, 1.165) is 11.4 Å². The summed E-state index contributed by atoms with van der Waals surface area (Å²) in [6.45, 7) is 4.92. The molecule has 2 N–H and O–H groups in total. The SMILES string of the molecule is Cc1cccc(C)c1NCc1cnc(Cl)nc1NC1CCCCC1. The average molecular weight is 345 g/mol. The van der Waals surface area contributed by atoms with E-state index in [1.165, 1.54) is 48.9 Å². The van der Waals surface area contributed by atoms with E-state index in [2.05, 4.69) is 52.6 Å². The molecule has 24 heavy (non-hydrogen) atoms. The largest absolute Gasteiger partial charge is 0.380 e. The van der Waals surface area contributed by atoms with Gasteiger partial charge in [-0.25, -0.2) is 9.97 Å². The third-order valence-corrected chi connectivity index (χ3v) is 4.90. The normalized spacial score (nSPS) is 15.3. The number of anilines is 2. The molecule has 0 saturated heterocycles. The Morgan fingerprint density at radius 3 is 2.54 bits per heavy atom. The predicted molar refractivity (Wildman–Crippen MR) is 101 cm³/mol. The van der Waals surface area contributed by atoms with Crippen LogP contribution in [0.2, 0.25) is 5.28 Å². The Kier molecular flexibility index (Phi) is 5.56. The zero-order chi connectivity index (χ0) is 16.9. The summed E-state index contributed by atoms with van der Waals surface area (Å²) in [5.74, 6) is 0.862. The van der Waals surface area contributed by atoms with Crippen molar-refractivity contribution in [3.8, 4) is 0 Å². The highest BCUT2D eigenvalue weighted by atomic mass is 35.5. The fraction of sp³-hybridized carbons (Fsp3) is 0.474. The van der Waals surface area contributed by atoms with Gasteiger partial charge < -0.3 is 10.6 Å². The molecule has 1 aromatic carbocycles. The van der Waals surface area contributed by atoms with Crippen molar-refractivity contribution >= 4 is 23.1 Å². The molecule has 3 rings (SSSR count). The highest BCUT2D eigenvalue weighted by Gasteiger charge is 2.16. The minimum atomic E-state index is 0.295. The second kappa shape index (κ2) is 7.84. The van der Waals surface area contributed by atoms with Crippen LogP contribution in [0.5, 0.6) is 0 Å². The van der Waals surface area contributed by atoms with Crippen LogP contribution >= 0.6 is 11.6 Å². The Bertz CT molecular complexity index is 676. The Labute approximate surface area is 149 Å². The van der Waals surface area contributed by atoms with Crippen LogP contribution in [0.3, 0.4) is 0 Å². The van der Waals surface area contributed by atoms with Crippen molar-refractivity contribution in [2.24, 2.45) is 0 Å². The molecule has 0 spiro atoms. The molecule has 0 atom stereocenters. The number of rotatable bonds is 5. The van der Waals surface area contributed by atoms with Crippen LogP contribution in [0, 0.1) is 13.8 Å². The number of aryl methyl sites for hydroxylation is 2. The van der Waals surface area contributed by atoms with Crippen LogP contribution < -0.4 is 10.6 Å². The Hall–Kier alpha value is -1.81. The lowest BCUT2D eigenvalue weighted by Gasteiger charge is -2.24. The number of benzene rings is 1. The molecule has 0 aliphatic heterocycles. The fourth-order valence-corrected chi connectivity index (χ4v) is 3.49. The van der Waals surface area contributed by atoms with E-state index < -0.39 is 0 Å². The van der Waals surface area contributed by atoms with Crippen molar-refractivity contribution < 1.29 is 0 Å². The number of halogens is 1. The lowest BCUT2D eigenvalue weighted by Crippen LogP contribution is -2.24. The van der Waals surface area contributed by atoms with Crippen molar-refractivity contribution in [1.29, 1.82) is 0 Å². The molecule has 0 amide bonds. The van der Waals surface area contributed by atoms with Gasteiger partial charge in [0.05, 0.1) is 0 Å². The monoisotopic (exact) mass is 344 g/mol. The van der Waals surface area contributed by atoms with Gasteiger partial charge in [0, 0.05) is 30.0 Å². The Balaban J connectivity index is 1.75. The van der Waals surface area contributed by atoms with Gasteiger partial charge in [-0.2, -0.15) is 0 Å². The highest BCUT2D eigenvalue weighted by Crippen LogP contribution is 2.25. The molecule has 0 unspecified atom stereocenters. The van der Waals surface area contributed by atoms with E-state index in [1.54, 1.807) is 0 Å². The maximum Gasteiger partial charge on any atom is 0.224 e. The van der Waals surface area contributed by atoms with Crippen LogP contribution in [-0.2, 0) is 6.54 Å². The van der Waals surface area contributed by atoms with E-state index in [9.17, 15) is 0 Å². The van der Waals surface area contributed by atoms with E-state index >= 15 is 0 Å². The van der Waals surface area contributed by atoms with Crippen LogP contribution in [-0.4, -0.2) is 16.0 Å². The first-order valence-electron chi connectivity index (χ1n) is 8.71. The van der Waals surface area contributed by atoms with Crippen LogP contribution in [0.1, 0.15) is 48.8 Å². The van der Waals surface area contributed by atoms with Crippen LogP contribution in [0.15, 0.2) is 24.4 Å². The number of hydrogen-bond acceptors (Lipinski definition) is 4. The van der Waals surface area contributed by atoms with E-state index in [1.807, 2.05) is 6.20 Å². The molecule has 1 aliphatic rings. The number of aromatic nitrogens is 2. The summed E-state index contributed by atoms with van der Waals surface area (Å²) < 4.78 is 0. The van der Waals surface area contributed by atoms with Gasteiger partial charge in [0.1, 0.15) is 5.82 Å². The van der Waals surface area contributed by atoms with Gasteiger partial charge >= 0.3 is 0 Å². The zero-order valence-electron chi connectivity index (χ0n) is 14.4. The molecule has 4 nitrogen and oxygen atoms in total. The topological polar surface area (TPSA) is 49.8 Å². The first-order chi connectivity index (χ1) is 11.6. The number of para-hydroxylation sites is 1. The van der Waals surface area contributed by atoms with Crippen molar-refractivity contribution in [1.82, 2.24) is 9.97 Å². The van der Waals surface area contributed by atoms with Gasteiger partial charge in [-0.3, -0.25) is 0 Å². The van der Waals surface area contributed by atoms with Crippen molar-refractivity contribution in [2.45, 2.75) is 58.5 Å². The van der Waals surface area contributed by atoms with Crippen LogP contribution in [0.25, 0.3) is 0 Å². The van der Waals surface area contributed by atoms with Crippen molar-refractivity contribution in [2.75, 3.05) is 10.6 Å². The molecule has 1 fully saturated rings. The highest BCUT2D eigenvalue weighted by molar-refractivity contribution is 6.28. The van der Waals surface area contributed by atoms with E-state index in [-0.39, 0.29) is 0 Å². The molecule has 1 heterocycles. The summed E-state index contributed by atoms with van der Waals surface area (Å²) >= 11 is 6.02. The lowest BCUT2D eigenvalue weighted by molar-refractivity contribution is 0.461. The molecule has 128 valence electrons. The molecular formula is C19H25ClN4. The number of nitrogens with one attached hydrogen (secondary N) is 2. The van der Waals surface area contributed by atoms with Gasteiger partial charge in [-0.15, -0.1) is 0 Å². The quantitative estimate of drug-likeness (QED) is 0.740. The first-order valence-corrected chi connectivity index (χ1v) is 9.09. The molecule has 1 aromatic heterocycles. The van der Waals surface area contributed by atoms with Crippen molar-refractivity contribution in [3.63, 3.8) is 0 Å². The molecule has 2 aromatic rings. The van der Waals surface area contributed by atoms with Gasteiger partial charge in [-0.05, 0) is 49.4 Å². The first kappa shape index (κ1) is 17.0. The van der Waals surface area contributed by atoms with Gasteiger partial charge in [0.25, 0.3) is 0 Å². The van der Waals surface area contributed by atoms with Gasteiger partial charge in [-0.1, -0.05) is 37.5 Å². The lowest BCUT2D eigenvalue weighted by atomic mass is 9.95. The number of hydrogen-bond donors (Lipinski definition) is 2. The summed E-state index contributed by atoms with van der Waals surface area (Å²) in [5, 5.41) is 7.41. The summed E-state index contributed by atoms with van der Waals surface area (Å²) in [6, 6.07) is 6.81. The summed E-state index contributed by atoms with van der Waals surface area (Å²) in [4.78, 5) is 8.59. The summed E-state index contributed by atoms with van der Waals surface area (Å²) in [7, 11) is 0. The van der Waals surface area contributed by atoms with Gasteiger partial charge in [0.2, 0.25) is 5.28 Å². The average Bonchev–Trinajstić information content (AvgIpc) is 2.57. The van der Waals surface area contributed by atoms with E-state index in [0.29, 0.717) is 17.9 Å². The van der Waals surface area contributed by atoms with Gasteiger partial charge in [0.15, 0.2) is 0 Å². The van der Waals surface area contributed by atoms with E-state index in [4.69, 9.17) is 11.6 Å². The number of nitrogens with zero attached hydrogens (tertiary/aromatic N) is 2. The third-order valence-electron chi connectivity index (χ3n) is 4.72. The second-order valence-electron chi connectivity index (χ2n) is 6.61. The molecule has 5 heteroatoms.